The van der Waals surface area contributed by atoms with Crippen molar-refractivity contribution in [2.24, 2.45) is 0 Å². The number of carbonyl (C=O) groups is 3. The highest BCUT2D eigenvalue weighted by atomic mass is 16.2. The van der Waals surface area contributed by atoms with Crippen LogP contribution >= 0.6 is 0 Å². The summed E-state index contributed by atoms with van der Waals surface area (Å²) in [6, 6.07) is 8.22. The Balaban J connectivity index is 1.81. The van der Waals surface area contributed by atoms with Crippen LogP contribution in [0.15, 0.2) is 24.3 Å². The van der Waals surface area contributed by atoms with E-state index in [2.05, 4.69) is 5.32 Å². The molecule has 1 N–H and O–H groups in total. The van der Waals surface area contributed by atoms with Gasteiger partial charge in [0.15, 0.2) is 0 Å². The molecule has 7 heteroatoms. The topological polar surface area (TPSA) is 93.5 Å². The van der Waals surface area contributed by atoms with Gasteiger partial charge in [-0.2, -0.15) is 5.26 Å². The quantitative estimate of drug-likeness (QED) is 0.819. The Morgan fingerprint density at radius 2 is 2.16 bits per heavy atom. The van der Waals surface area contributed by atoms with E-state index in [1.807, 2.05) is 13.0 Å². The molecule has 2 aliphatic rings. The average molecular weight is 340 g/mol. The molecule has 0 bridgehead atoms. The highest BCUT2D eigenvalue weighted by molar-refractivity contribution is 6.09. The minimum Gasteiger partial charge on any atom is -0.338 e. The molecule has 1 aromatic carbocycles. The first-order chi connectivity index (χ1) is 11.9. The van der Waals surface area contributed by atoms with Gasteiger partial charge in [-0.3, -0.25) is 14.5 Å². The highest BCUT2D eigenvalue weighted by Gasteiger charge is 2.50. The van der Waals surface area contributed by atoms with Gasteiger partial charge in [-0.1, -0.05) is 12.1 Å². The van der Waals surface area contributed by atoms with Gasteiger partial charge in [-0.25, -0.2) is 4.79 Å². The van der Waals surface area contributed by atoms with Crippen LogP contribution in [0.3, 0.4) is 0 Å². The van der Waals surface area contributed by atoms with Crippen molar-refractivity contribution in [2.75, 3.05) is 13.1 Å². The molecule has 0 spiro atoms. The lowest BCUT2D eigenvalue weighted by Gasteiger charge is -2.24. The minimum absolute atomic E-state index is 0.219. The number of carbonyl (C=O) groups excluding carboxylic acids is 3. The molecule has 1 saturated carbocycles. The van der Waals surface area contributed by atoms with Crippen LogP contribution in [-0.4, -0.2) is 46.8 Å². The first kappa shape index (κ1) is 17.0. The Labute approximate surface area is 146 Å². The third kappa shape index (κ3) is 2.95. The van der Waals surface area contributed by atoms with Crippen LogP contribution in [0.4, 0.5) is 4.79 Å². The Bertz CT molecular complexity index is 781. The second-order valence-corrected chi connectivity index (χ2v) is 6.55. The molecule has 7 nitrogen and oxygen atoms in total. The number of urea groups is 1. The van der Waals surface area contributed by atoms with Gasteiger partial charge in [0.1, 0.15) is 12.1 Å². The molecule has 130 valence electrons. The molecule has 1 saturated heterocycles. The van der Waals surface area contributed by atoms with Gasteiger partial charge >= 0.3 is 6.03 Å². The number of rotatable bonds is 5. The summed E-state index contributed by atoms with van der Waals surface area (Å²) in [6.45, 7) is 3.78. The van der Waals surface area contributed by atoms with E-state index in [0.29, 0.717) is 17.7 Å². The van der Waals surface area contributed by atoms with E-state index >= 15 is 0 Å². The average Bonchev–Trinajstić information content (AvgIpc) is 3.41. The maximum absolute atomic E-state index is 12.9. The lowest BCUT2D eigenvalue weighted by molar-refractivity contribution is -0.139. The molecule has 4 amide bonds. The molecule has 1 heterocycles. The summed E-state index contributed by atoms with van der Waals surface area (Å²) in [6.07, 6.45) is 1.94. The van der Waals surface area contributed by atoms with Crippen LogP contribution in [0.1, 0.15) is 37.8 Å². The zero-order valence-corrected chi connectivity index (χ0v) is 14.3. The maximum atomic E-state index is 12.9. The normalized spacial score (nSPS) is 22.5. The second kappa shape index (κ2) is 6.20. The van der Waals surface area contributed by atoms with Crippen molar-refractivity contribution in [1.29, 1.82) is 5.26 Å². The smallest absolute Gasteiger partial charge is 0.325 e. The van der Waals surface area contributed by atoms with Gasteiger partial charge in [0, 0.05) is 12.6 Å². The number of nitriles is 1. The minimum atomic E-state index is -1.28. The molecule has 1 unspecified atom stereocenters. The fraction of sp³-hybridized carbons (Fsp3) is 0.444. The van der Waals surface area contributed by atoms with E-state index in [9.17, 15) is 14.4 Å². The van der Waals surface area contributed by atoms with Crippen molar-refractivity contribution < 1.29 is 14.4 Å². The predicted molar refractivity (Wildman–Crippen MR) is 89.2 cm³/mol. The molecule has 25 heavy (non-hydrogen) atoms. The van der Waals surface area contributed by atoms with Crippen molar-refractivity contribution in [3.63, 3.8) is 0 Å². The molecule has 2 fully saturated rings. The summed E-state index contributed by atoms with van der Waals surface area (Å²) in [4.78, 5) is 40.3. The molecule has 0 radical (unpaired) electrons. The lowest BCUT2D eigenvalue weighted by atomic mass is 9.91. The van der Waals surface area contributed by atoms with Crippen molar-refractivity contribution in [1.82, 2.24) is 15.1 Å². The van der Waals surface area contributed by atoms with Gasteiger partial charge in [0.2, 0.25) is 5.91 Å². The fourth-order valence-electron chi connectivity index (χ4n) is 3.19. The molecule has 1 atom stereocenters. The Morgan fingerprint density at radius 3 is 2.76 bits per heavy atom. The Kier molecular flexibility index (Phi) is 4.21. The molecular weight excluding hydrogens is 320 g/mol. The van der Waals surface area contributed by atoms with Gasteiger partial charge in [0.25, 0.3) is 5.91 Å². The monoisotopic (exact) mass is 340 g/mol. The van der Waals surface area contributed by atoms with Gasteiger partial charge < -0.3 is 10.2 Å². The van der Waals surface area contributed by atoms with Crippen molar-refractivity contribution in [3.05, 3.63) is 35.4 Å². The SMILES string of the molecule is CCN(C(=O)CN1C(=O)NC(C)(c2cccc(C#N)c2)C1=O)C1CC1. The Hall–Kier alpha value is -2.88. The highest BCUT2D eigenvalue weighted by Crippen LogP contribution is 2.30. The molecular formula is C18H20N4O3. The number of likely N-dealkylation sites (N-methyl/N-ethyl adjacent to an activating group) is 1. The zero-order valence-electron chi connectivity index (χ0n) is 14.3. The largest absolute Gasteiger partial charge is 0.338 e. The number of amides is 4. The van der Waals surface area contributed by atoms with Crippen LogP contribution in [0, 0.1) is 11.3 Å². The lowest BCUT2D eigenvalue weighted by Crippen LogP contribution is -2.45. The molecule has 1 aliphatic carbocycles. The number of hydrogen-bond donors (Lipinski definition) is 1. The van der Waals surface area contributed by atoms with Crippen LogP contribution in [0.2, 0.25) is 0 Å². The van der Waals surface area contributed by atoms with Crippen molar-refractivity contribution in [3.8, 4) is 6.07 Å². The first-order valence-electron chi connectivity index (χ1n) is 8.35. The van der Waals surface area contributed by atoms with Crippen LogP contribution in [-0.2, 0) is 15.1 Å². The number of imide groups is 1. The standard InChI is InChI=1S/C18H20N4O3/c1-3-21(14-7-8-14)15(23)11-22-16(24)18(2,20-17(22)25)13-6-4-5-12(9-13)10-19/h4-6,9,14H,3,7-8,11H2,1-2H3,(H,20,25). The number of nitrogens with zero attached hydrogens (tertiary/aromatic N) is 3. The third-order valence-electron chi connectivity index (χ3n) is 4.79. The van der Waals surface area contributed by atoms with Gasteiger partial charge in [0.05, 0.1) is 11.6 Å². The number of nitrogens with one attached hydrogen (secondary N) is 1. The van der Waals surface area contributed by atoms with Crippen LogP contribution < -0.4 is 5.32 Å². The van der Waals surface area contributed by atoms with E-state index in [1.54, 1.807) is 36.1 Å². The predicted octanol–water partition coefficient (Wildman–Crippen LogP) is 1.34. The first-order valence-corrected chi connectivity index (χ1v) is 8.35. The summed E-state index contributed by atoms with van der Waals surface area (Å²) in [5, 5.41) is 11.7. The van der Waals surface area contributed by atoms with E-state index in [4.69, 9.17) is 5.26 Å². The van der Waals surface area contributed by atoms with Crippen molar-refractivity contribution in [2.45, 2.75) is 38.3 Å². The summed E-state index contributed by atoms with van der Waals surface area (Å²) < 4.78 is 0. The van der Waals surface area contributed by atoms with Gasteiger partial charge in [-0.05, 0) is 44.4 Å². The molecule has 1 aliphatic heterocycles. The van der Waals surface area contributed by atoms with Crippen LogP contribution in [0.25, 0.3) is 0 Å². The fourth-order valence-corrected chi connectivity index (χ4v) is 3.19. The molecule has 3 rings (SSSR count). The number of hydrogen-bond acceptors (Lipinski definition) is 4. The molecule has 0 aromatic heterocycles. The van der Waals surface area contributed by atoms with E-state index in [1.165, 1.54) is 0 Å². The Morgan fingerprint density at radius 1 is 1.44 bits per heavy atom. The maximum Gasteiger partial charge on any atom is 0.325 e. The van der Waals surface area contributed by atoms with Crippen molar-refractivity contribution >= 4 is 17.8 Å². The summed E-state index contributed by atoms with van der Waals surface area (Å²) in [7, 11) is 0. The van der Waals surface area contributed by atoms with E-state index in [0.717, 1.165) is 17.7 Å². The summed E-state index contributed by atoms with van der Waals surface area (Å²) in [5.74, 6) is -0.698. The van der Waals surface area contributed by atoms with E-state index in [-0.39, 0.29) is 18.5 Å². The van der Waals surface area contributed by atoms with Crippen LogP contribution in [0.5, 0.6) is 0 Å². The molecule has 1 aromatic rings. The third-order valence-corrected chi connectivity index (χ3v) is 4.79. The number of benzene rings is 1. The zero-order chi connectivity index (χ0) is 18.2. The van der Waals surface area contributed by atoms with Gasteiger partial charge in [-0.15, -0.1) is 0 Å². The summed E-state index contributed by atoms with van der Waals surface area (Å²) in [5.41, 5.74) is -0.350. The summed E-state index contributed by atoms with van der Waals surface area (Å²) >= 11 is 0. The van der Waals surface area contributed by atoms with E-state index < -0.39 is 17.5 Å². The second-order valence-electron chi connectivity index (χ2n) is 6.55.